The number of rotatable bonds is 13. The molecule has 0 aromatic rings. The van der Waals surface area contributed by atoms with Crippen molar-refractivity contribution in [2.75, 3.05) is 26.4 Å². The lowest BCUT2D eigenvalue weighted by Crippen LogP contribution is -2.46. The van der Waals surface area contributed by atoms with Gasteiger partial charge in [-0.2, -0.15) is 0 Å². The molecule has 0 bridgehead atoms. The molecule has 0 spiro atoms. The third-order valence-electron chi connectivity index (χ3n) is 3.39. The normalized spacial score (nSPS) is 14.7. The van der Waals surface area contributed by atoms with Crippen LogP contribution in [0.5, 0.6) is 0 Å². The minimum absolute atomic E-state index is 0.168. The Kier molecular flexibility index (Phi) is 11.9. The summed E-state index contributed by atoms with van der Waals surface area (Å²) in [6, 6.07) is 0. The lowest BCUT2D eigenvalue weighted by Gasteiger charge is -2.28. The molecule has 0 aromatic heterocycles. The van der Waals surface area contributed by atoms with Crippen LogP contribution in [0.25, 0.3) is 0 Å². The number of hydrogen-bond donors (Lipinski definition) is 2. The molecule has 0 aliphatic rings. The first-order valence-electron chi connectivity index (χ1n) is 7.62. The van der Waals surface area contributed by atoms with Crippen molar-refractivity contribution in [3.05, 3.63) is 0 Å². The van der Waals surface area contributed by atoms with E-state index in [0.717, 1.165) is 26.2 Å². The zero-order chi connectivity index (χ0) is 13.7. The molecule has 18 heavy (non-hydrogen) atoms. The van der Waals surface area contributed by atoms with Crippen LogP contribution in [-0.4, -0.2) is 37.0 Å². The van der Waals surface area contributed by atoms with E-state index in [1.807, 2.05) is 6.92 Å². The summed E-state index contributed by atoms with van der Waals surface area (Å²) in [5, 5.41) is 12.6. The first-order chi connectivity index (χ1) is 8.68. The van der Waals surface area contributed by atoms with Crippen molar-refractivity contribution >= 4 is 0 Å². The molecule has 0 fully saturated rings. The maximum atomic E-state index is 9.32. The third-order valence-corrected chi connectivity index (χ3v) is 3.39. The minimum Gasteiger partial charge on any atom is -0.394 e. The molecule has 0 saturated carbocycles. The average Bonchev–Trinajstić information content (AvgIpc) is 2.37. The Morgan fingerprint density at radius 1 is 1.00 bits per heavy atom. The Bertz CT molecular complexity index is 176. The van der Waals surface area contributed by atoms with Crippen LogP contribution >= 0.6 is 0 Å². The molecule has 0 heterocycles. The highest BCUT2D eigenvalue weighted by Gasteiger charge is 2.20. The first-order valence-corrected chi connectivity index (χ1v) is 7.62. The molecule has 110 valence electrons. The Balaban J connectivity index is 3.33. The van der Waals surface area contributed by atoms with E-state index in [9.17, 15) is 5.11 Å². The van der Waals surface area contributed by atoms with Gasteiger partial charge in [0.05, 0.1) is 6.61 Å². The van der Waals surface area contributed by atoms with Crippen LogP contribution in [0.3, 0.4) is 0 Å². The number of likely N-dealkylation sites (N-methyl/N-ethyl adjacent to an activating group) is 1. The quantitative estimate of drug-likeness (QED) is 0.499. The van der Waals surface area contributed by atoms with Crippen LogP contribution < -0.4 is 5.32 Å². The molecule has 1 atom stereocenters. The fourth-order valence-corrected chi connectivity index (χ4v) is 2.03. The Morgan fingerprint density at radius 3 is 2.28 bits per heavy atom. The fourth-order valence-electron chi connectivity index (χ4n) is 2.03. The SMILES string of the molecule is CCCCCCCCOCCC(C)(CO)NCC. The highest BCUT2D eigenvalue weighted by molar-refractivity contribution is 4.81. The van der Waals surface area contributed by atoms with Gasteiger partial charge in [-0.05, 0) is 26.3 Å². The van der Waals surface area contributed by atoms with E-state index in [4.69, 9.17) is 4.74 Å². The van der Waals surface area contributed by atoms with Crippen LogP contribution in [0.4, 0.5) is 0 Å². The van der Waals surface area contributed by atoms with Gasteiger partial charge in [0.2, 0.25) is 0 Å². The van der Waals surface area contributed by atoms with E-state index in [2.05, 4.69) is 19.2 Å². The standard InChI is InChI=1S/C15H33NO2/c1-4-6-7-8-9-10-12-18-13-11-15(3,14-17)16-5-2/h16-17H,4-14H2,1-3H3. The number of unbranched alkanes of at least 4 members (excludes halogenated alkanes) is 5. The number of nitrogens with one attached hydrogen (secondary N) is 1. The number of ether oxygens (including phenoxy) is 1. The molecule has 0 saturated heterocycles. The van der Waals surface area contributed by atoms with Gasteiger partial charge in [-0.25, -0.2) is 0 Å². The monoisotopic (exact) mass is 259 g/mol. The lowest BCUT2D eigenvalue weighted by atomic mass is 10.00. The van der Waals surface area contributed by atoms with Crippen molar-refractivity contribution in [2.24, 2.45) is 0 Å². The van der Waals surface area contributed by atoms with Gasteiger partial charge in [0.15, 0.2) is 0 Å². The zero-order valence-corrected chi connectivity index (χ0v) is 12.6. The Hall–Kier alpha value is -0.120. The predicted octanol–water partition coefficient (Wildman–Crippen LogP) is 3.11. The van der Waals surface area contributed by atoms with Crippen molar-refractivity contribution < 1.29 is 9.84 Å². The van der Waals surface area contributed by atoms with Crippen molar-refractivity contribution in [3.63, 3.8) is 0 Å². The summed E-state index contributed by atoms with van der Waals surface area (Å²) in [6.45, 7) is 9.00. The molecular formula is C15H33NO2. The largest absolute Gasteiger partial charge is 0.394 e. The van der Waals surface area contributed by atoms with Gasteiger partial charge < -0.3 is 15.2 Å². The summed E-state index contributed by atoms with van der Waals surface area (Å²) in [5.74, 6) is 0. The predicted molar refractivity (Wildman–Crippen MR) is 78.0 cm³/mol. The van der Waals surface area contributed by atoms with Crippen molar-refractivity contribution in [1.82, 2.24) is 5.32 Å². The van der Waals surface area contributed by atoms with Crippen LogP contribution in [0.15, 0.2) is 0 Å². The molecule has 2 N–H and O–H groups in total. The van der Waals surface area contributed by atoms with Crippen molar-refractivity contribution in [3.8, 4) is 0 Å². The molecule has 0 amide bonds. The molecule has 1 unspecified atom stereocenters. The van der Waals surface area contributed by atoms with E-state index >= 15 is 0 Å². The van der Waals surface area contributed by atoms with E-state index in [0.29, 0.717) is 0 Å². The number of hydrogen-bond acceptors (Lipinski definition) is 3. The minimum atomic E-state index is -0.185. The van der Waals surface area contributed by atoms with Gasteiger partial charge in [-0.3, -0.25) is 0 Å². The summed E-state index contributed by atoms with van der Waals surface area (Å²) < 4.78 is 5.63. The molecular weight excluding hydrogens is 226 g/mol. The van der Waals surface area contributed by atoms with E-state index in [1.54, 1.807) is 0 Å². The summed E-state index contributed by atoms with van der Waals surface area (Å²) in [7, 11) is 0. The highest BCUT2D eigenvalue weighted by Crippen LogP contribution is 2.09. The summed E-state index contributed by atoms with van der Waals surface area (Å²) in [5.41, 5.74) is -0.185. The Morgan fingerprint density at radius 2 is 1.67 bits per heavy atom. The van der Waals surface area contributed by atoms with Gasteiger partial charge >= 0.3 is 0 Å². The van der Waals surface area contributed by atoms with E-state index in [1.165, 1.54) is 38.5 Å². The second-order valence-corrected chi connectivity index (χ2v) is 5.38. The second kappa shape index (κ2) is 11.9. The Labute approximate surface area is 113 Å². The third kappa shape index (κ3) is 9.86. The van der Waals surface area contributed by atoms with Crippen LogP contribution in [0.1, 0.15) is 65.7 Å². The lowest BCUT2D eigenvalue weighted by molar-refractivity contribution is 0.0854. The number of aliphatic hydroxyl groups excluding tert-OH is 1. The maximum absolute atomic E-state index is 9.32. The summed E-state index contributed by atoms with van der Waals surface area (Å²) in [6.07, 6.45) is 8.68. The highest BCUT2D eigenvalue weighted by atomic mass is 16.5. The van der Waals surface area contributed by atoms with Gasteiger partial charge in [0.1, 0.15) is 0 Å². The van der Waals surface area contributed by atoms with Crippen molar-refractivity contribution in [2.45, 2.75) is 71.3 Å². The van der Waals surface area contributed by atoms with Crippen LogP contribution in [0.2, 0.25) is 0 Å². The van der Waals surface area contributed by atoms with Gasteiger partial charge in [0.25, 0.3) is 0 Å². The molecule has 0 rings (SSSR count). The molecule has 0 aliphatic carbocycles. The van der Waals surface area contributed by atoms with Gasteiger partial charge in [-0.1, -0.05) is 46.0 Å². The van der Waals surface area contributed by atoms with Crippen LogP contribution in [0, 0.1) is 0 Å². The molecule has 3 heteroatoms. The topological polar surface area (TPSA) is 41.5 Å². The van der Waals surface area contributed by atoms with E-state index in [-0.39, 0.29) is 12.1 Å². The van der Waals surface area contributed by atoms with E-state index < -0.39 is 0 Å². The molecule has 0 aliphatic heterocycles. The fraction of sp³-hybridized carbons (Fsp3) is 1.00. The van der Waals surface area contributed by atoms with Crippen LogP contribution in [-0.2, 0) is 4.74 Å². The smallest absolute Gasteiger partial charge is 0.0611 e. The zero-order valence-electron chi connectivity index (χ0n) is 12.6. The number of aliphatic hydroxyl groups is 1. The second-order valence-electron chi connectivity index (χ2n) is 5.38. The van der Waals surface area contributed by atoms with Gasteiger partial charge in [0, 0.05) is 18.8 Å². The molecule has 3 nitrogen and oxygen atoms in total. The van der Waals surface area contributed by atoms with Gasteiger partial charge in [-0.15, -0.1) is 0 Å². The first kappa shape index (κ1) is 17.9. The summed E-state index contributed by atoms with van der Waals surface area (Å²) >= 11 is 0. The maximum Gasteiger partial charge on any atom is 0.0611 e. The average molecular weight is 259 g/mol. The van der Waals surface area contributed by atoms with Crippen molar-refractivity contribution in [1.29, 1.82) is 0 Å². The molecule has 0 radical (unpaired) electrons. The molecule has 0 aromatic carbocycles. The summed E-state index contributed by atoms with van der Waals surface area (Å²) in [4.78, 5) is 0.